The first-order valence-electron chi connectivity index (χ1n) is 5.16. The number of nitrogens with one attached hydrogen (secondary N) is 1. The molecule has 0 heterocycles. The molecule has 16 heavy (non-hydrogen) atoms. The maximum atomic E-state index is 10.4. The second kappa shape index (κ2) is 6.56. The smallest absolute Gasteiger partial charge is 0.253 e. The fourth-order valence-corrected chi connectivity index (χ4v) is 1.36. The van der Waals surface area contributed by atoms with Crippen molar-refractivity contribution in [2.75, 3.05) is 0 Å². The predicted molar refractivity (Wildman–Crippen MR) is 64.5 cm³/mol. The van der Waals surface area contributed by atoms with Crippen molar-refractivity contribution in [3.63, 3.8) is 0 Å². The maximum absolute atomic E-state index is 10.4. The largest absolute Gasteiger partial charge is 0.490 e. The fourth-order valence-electron chi connectivity index (χ4n) is 1.36. The molecule has 3 heteroatoms. The number of hydrogen-bond donors (Lipinski definition) is 1. The van der Waals surface area contributed by atoms with Gasteiger partial charge in [0.15, 0.2) is 0 Å². The summed E-state index contributed by atoms with van der Waals surface area (Å²) in [6, 6.07) is 6.89. The van der Waals surface area contributed by atoms with E-state index in [0.29, 0.717) is 5.69 Å². The summed E-state index contributed by atoms with van der Waals surface area (Å²) >= 11 is 0. The molecule has 1 aromatic carbocycles. The van der Waals surface area contributed by atoms with Crippen LogP contribution in [-0.2, 0) is 0 Å². The Morgan fingerprint density at radius 3 is 2.19 bits per heavy atom. The molecule has 0 saturated heterocycles. The van der Waals surface area contributed by atoms with Gasteiger partial charge in [0.1, 0.15) is 11.9 Å². The van der Waals surface area contributed by atoms with E-state index in [1.54, 1.807) is 24.3 Å². The Morgan fingerprint density at radius 2 is 1.75 bits per heavy atom. The molecule has 0 amide bonds. The molecule has 0 aromatic heterocycles. The van der Waals surface area contributed by atoms with Crippen LogP contribution in [0.5, 0.6) is 5.75 Å². The van der Waals surface area contributed by atoms with Crippen molar-refractivity contribution in [1.82, 2.24) is 0 Å². The Kier molecular flexibility index (Phi) is 4.99. The van der Waals surface area contributed by atoms with Gasteiger partial charge in [0.25, 0.3) is 5.69 Å². The Labute approximate surface area is 95.4 Å². The summed E-state index contributed by atoms with van der Waals surface area (Å²) in [5.74, 6) is 0.743. The lowest BCUT2D eigenvalue weighted by molar-refractivity contribution is -0.379. The van der Waals surface area contributed by atoms with Gasteiger partial charge in [-0.2, -0.15) is 0 Å². The molecule has 0 spiro atoms. The van der Waals surface area contributed by atoms with E-state index in [0.717, 1.165) is 18.6 Å². The number of nitroso groups, excluding NO2 is 1. The minimum atomic E-state index is 0.0565. The standard InChI is InChI=1S/C13H15NO2/c1-3-5-12(6-4-2)16-13-9-7-11(14-15)8-10-13/h3-4,7-10,12H,1-2,5-6H2/p+1. The van der Waals surface area contributed by atoms with Crippen molar-refractivity contribution < 1.29 is 9.91 Å². The third-order valence-electron chi connectivity index (χ3n) is 2.13. The van der Waals surface area contributed by atoms with Gasteiger partial charge in [-0.15, -0.1) is 13.2 Å². The van der Waals surface area contributed by atoms with Gasteiger partial charge in [-0.25, -0.2) is 0 Å². The molecule has 0 atom stereocenters. The number of rotatable bonds is 7. The molecule has 0 aliphatic rings. The van der Waals surface area contributed by atoms with Gasteiger partial charge < -0.3 is 4.74 Å². The van der Waals surface area contributed by atoms with Crippen LogP contribution in [-0.4, -0.2) is 6.10 Å². The summed E-state index contributed by atoms with van der Waals surface area (Å²) in [5.41, 5.74) is 0.524. The van der Waals surface area contributed by atoms with E-state index >= 15 is 0 Å². The maximum Gasteiger partial charge on any atom is 0.253 e. The summed E-state index contributed by atoms with van der Waals surface area (Å²) in [4.78, 5) is 10.4. The average molecular weight is 218 g/mol. The quantitative estimate of drug-likeness (QED) is 0.712. The molecule has 1 aromatic rings. The molecular weight excluding hydrogens is 202 g/mol. The molecule has 1 N–H and O–H groups in total. The Bertz CT molecular complexity index is 347. The van der Waals surface area contributed by atoms with Crippen molar-refractivity contribution in [2.45, 2.75) is 18.9 Å². The van der Waals surface area contributed by atoms with Gasteiger partial charge in [0, 0.05) is 35.1 Å². The van der Waals surface area contributed by atoms with Crippen molar-refractivity contribution in [1.29, 1.82) is 0 Å². The molecule has 0 radical (unpaired) electrons. The van der Waals surface area contributed by atoms with Crippen LogP contribution in [0.3, 0.4) is 0 Å². The Hall–Kier alpha value is -1.90. The SMILES string of the molecule is C=CCC(CC=C)Oc1ccc([NH+]=O)cc1. The third-order valence-corrected chi connectivity index (χ3v) is 2.13. The average Bonchev–Trinajstić information content (AvgIpc) is 2.31. The Balaban J connectivity index is 2.64. The molecule has 3 nitrogen and oxygen atoms in total. The van der Waals surface area contributed by atoms with Crippen LogP contribution in [0.4, 0.5) is 5.69 Å². The number of benzene rings is 1. The molecule has 0 unspecified atom stereocenters. The highest BCUT2D eigenvalue weighted by Gasteiger charge is 2.07. The van der Waals surface area contributed by atoms with Crippen LogP contribution >= 0.6 is 0 Å². The molecule has 0 saturated carbocycles. The lowest BCUT2D eigenvalue weighted by Crippen LogP contribution is -2.55. The van der Waals surface area contributed by atoms with E-state index in [9.17, 15) is 4.91 Å². The van der Waals surface area contributed by atoms with E-state index in [-0.39, 0.29) is 6.10 Å². The van der Waals surface area contributed by atoms with Gasteiger partial charge in [-0.05, 0) is 12.1 Å². The highest BCUT2D eigenvalue weighted by atomic mass is 16.5. The zero-order valence-electron chi connectivity index (χ0n) is 9.19. The number of hydrogen-bond acceptors (Lipinski definition) is 2. The first kappa shape index (κ1) is 12.2. The molecule has 0 aliphatic carbocycles. The van der Waals surface area contributed by atoms with E-state index in [1.165, 1.54) is 0 Å². The van der Waals surface area contributed by atoms with E-state index in [2.05, 4.69) is 13.2 Å². The summed E-state index contributed by atoms with van der Waals surface area (Å²) in [6.07, 6.45) is 5.24. The van der Waals surface area contributed by atoms with Gasteiger partial charge in [0.2, 0.25) is 0 Å². The van der Waals surface area contributed by atoms with Crippen molar-refractivity contribution in [2.24, 2.45) is 0 Å². The second-order valence-corrected chi connectivity index (χ2v) is 3.42. The fraction of sp³-hybridized carbons (Fsp3) is 0.231. The van der Waals surface area contributed by atoms with Gasteiger partial charge >= 0.3 is 0 Å². The number of ether oxygens (including phenoxy) is 1. The minimum Gasteiger partial charge on any atom is -0.490 e. The van der Waals surface area contributed by atoms with Gasteiger partial charge in [-0.1, -0.05) is 12.2 Å². The minimum absolute atomic E-state index is 0.0565. The highest BCUT2D eigenvalue weighted by molar-refractivity contribution is 5.35. The summed E-state index contributed by atoms with van der Waals surface area (Å²) < 4.78 is 5.72. The molecular formula is C13H16NO2+. The van der Waals surface area contributed by atoms with Gasteiger partial charge in [0.05, 0.1) is 0 Å². The van der Waals surface area contributed by atoms with E-state index in [4.69, 9.17) is 4.74 Å². The van der Waals surface area contributed by atoms with Crippen LogP contribution in [0.15, 0.2) is 49.6 Å². The van der Waals surface area contributed by atoms with Gasteiger partial charge in [-0.3, -0.25) is 0 Å². The van der Waals surface area contributed by atoms with Crippen LogP contribution in [0.1, 0.15) is 12.8 Å². The van der Waals surface area contributed by atoms with E-state index in [1.807, 2.05) is 17.3 Å². The molecule has 1 rings (SSSR count). The van der Waals surface area contributed by atoms with Crippen molar-refractivity contribution in [3.05, 3.63) is 54.5 Å². The zero-order valence-corrected chi connectivity index (χ0v) is 9.19. The van der Waals surface area contributed by atoms with Crippen LogP contribution in [0, 0.1) is 4.91 Å². The molecule has 0 aliphatic heterocycles. The molecule has 84 valence electrons. The molecule has 0 bridgehead atoms. The normalized spacial score (nSPS) is 9.81. The zero-order chi connectivity index (χ0) is 11.8. The molecule has 0 fully saturated rings. The van der Waals surface area contributed by atoms with Crippen LogP contribution in [0.2, 0.25) is 0 Å². The van der Waals surface area contributed by atoms with Crippen molar-refractivity contribution in [3.8, 4) is 5.75 Å². The lowest BCUT2D eigenvalue weighted by Gasteiger charge is -2.15. The van der Waals surface area contributed by atoms with Crippen molar-refractivity contribution >= 4 is 5.69 Å². The van der Waals surface area contributed by atoms with Crippen LogP contribution in [0.25, 0.3) is 0 Å². The first-order chi connectivity index (χ1) is 7.80. The first-order valence-corrected chi connectivity index (χ1v) is 5.16. The summed E-state index contributed by atoms with van der Waals surface area (Å²) in [5, 5.41) is 1.82. The summed E-state index contributed by atoms with van der Waals surface area (Å²) in [7, 11) is 0. The monoisotopic (exact) mass is 218 g/mol. The highest BCUT2D eigenvalue weighted by Crippen LogP contribution is 2.17. The topological polar surface area (TPSA) is 40.3 Å². The predicted octanol–water partition coefficient (Wildman–Crippen LogP) is 2.06. The van der Waals surface area contributed by atoms with E-state index < -0.39 is 0 Å². The summed E-state index contributed by atoms with van der Waals surface area (Å²) in [6.45, 7) is 7.37. The second-order valence-electron chi connectivity index (χ2n) is 3.42. The van der Waals surface area contributed by atoms with Crippen LogP contribution < -0.4 is 9.91 Å². The lowest BCUT2D eigenvalue weighted by atomic mass is 10.2. The Morgan fingerprint density at radius 1 is 1.19 bits per heavy atom. The third kappa shape index (κ3) is 3.69.